The Hall–Kier alpha value is -3.86. The van der Waals surface area contributed by atoms with Crippen molar-refractivity contribution in [3.8, 4) is 0 Å². The molecule has 0 fully saturated rings. The maximum Gasteiger partial charge on any atom is 0.128 e. The second-order valence-electron chi connectivity index (χ2n) is 8.96. The number of hydrogen-bond acceptors (Lipinski definition) is 4. The zero-order valence-electron chi connectivity index (χ0n) is 22.5. The summed E-state index contributed by atoms with van der Waals surface area (Å²) in [5.74, 6) is 1.41. The molecule has 2 N–H and O–H groups in total. The van der Waals surface area contributed by atoms with E-state index in [1.807, 2.05) is 31.5 Å². The predicted octanol–water partition coefficient (Wildman–Crippen LogP) is 8.23. The number of hydrogen-bond donors (Lipinski definition) is 2. The molecule has 4 rings (SSSR count). The highest BCUT2D eigenvalue weighted by molar-refractivity contribution is 6.11. The minimum Gasteiger partial charge on any atom is -0.360 e. The van der Waals surface area contributed by atoms with Crippen molar-refractivity contribution in [3.05, 3.63) is 108 Å². The minimum absolute atomic E-state index is 0.502. The van der Waals surface area contributed by atoms with Gasteiger partial charge >= 0.3 is 0 Å². The zero-order chi connectivity index (χ0) is 26.2. The number of benzene rings is 2. The molecule has 36 heavy (non-hydrogen) atoms. The quantitative estimate of drug-likeness (QED) is 0.324. The van der Waals surface area contributed by atoms with E-state index in [9.17, 15) is 0 Å². The number of aliphatic imine (C=N–C) groups is 1. The summed E-state index contributed by atoms with van der Waals surface area (Å²) in [5, 5.41) is 11.1. The Bertz CT molecular complexity index is 1260. The van der Waals surface area contributed by atoms with Gasteiger partial charge in [-0.3, -0.25) is 0 Å². The molecule has 0 saturated heterocycles. The van der Waals surface area contributed by atoms with Crippen LogP contribution in [-0.4, -0.2) is 15.5 Å². The van der Waals surface area contributed by atoms with Gasteiger partial charge < -0.3 is 10.6 Å². The smallest absolute Gasteiger partial charge is 0.128 e. The largest absolute Gasteiger partial charge is 0.360 e. The molecule has 0 spiro atoms. The lowest BCUT2D eigenvalue weighted by Crippen LogP contribution is -2.07. The lowest BCUT2D eigenvalue weighted by Gasteiger charge is -2.13. The predicted molar refractivity (Wildman–Crippen MR) is 155 cm³/mol. The van der Waals surface area contributed by atoms with Gasteiger partial charge in [-0.2, -0.15) is 5.10 Å². The summed E-state index contributed by atoms with van der Waals surface area (Å²) in [4.78, 5) is 5.07. The Morgan fingerprint density at radius 2 is 1.58 bits per heavy atom. The molecule has 0 saturated carbocycles. The van der Waals surface area contributed by atoms with Crippen LogP contribution in [0.5, 0.6) is 0 Å². The Labute approximate surface area is 216 Å². The van der Waals surface area contributed by atoms with Crippen molar-refractivity contribution in [2.45, 2.75) is 60.4 Å². The first-order chi connectivity index (χ1) is 17.4. The van der Waals surface area contributed by atoms with Gasteiger partial charge in [0.2, 0.25) is 0 Å². The molecular formula is C31H39N5. The van der Waals surface area contributed by atoms with Crippen LogP contribution in [0.15, 0.2) is 96.0 Å². The van der Waals surface area contributed by atoms with Gasteiger partial charge in [-0.15, -0.1) is 0 Å². The summed E-state index contributed by atoms with van der Waals surface area (Å²) in [6.45, 7) is 21.5. The lowest BCUT2D eigenvalue weighted by atomic mass is 9.95. The molecule has 0 amide bonds. The van der Waals surface area contributed by atoms with Crippen LogP contribution in [0.1, 0.15) is 70.6 Å². The Kier molecular flexibility index (Phi) is 9.07. The topological polar surface area (TPSA) is 54.2 Å². The highest BCUT2D eigenvalue weighted by atomic mass is 15.3. The fourth-order valence-corrected chi connectivity index (χ4v) is 4.11. The first kappa shape index (κ1) is 26.7. The normalized spacial score (nSPS) is 12.7. The van der Waals surface area contributed by atoms with Crippen molar-refractivity contribution in [1.82, 2.24) is 9.78 Å². The molecule has 2 heterocycles. The highest BCUT2D eigenvalue weighted by Crippen LogP contribution is 2.36. The number of rotatable bonds is 9. The van der Waals surface area contributed by atoms with Crippen LogP contribution in [-0.2, 0) is 6.54 Å². The number of aryl methyl sites for hydroxylation is 1. The average Bonchev–Trinajstić information content (AvgIpc) is 3.52. The standard InChI is InChI=1S/C29H33N5.C2H6/c1-7-34-28(16-17-30-34)32-21(6)29-26(23-12-14-25(15-13-23)31-20(4)5)18-27(33-29)24-10-8-22(9-11-24)19(2)3;1-2/h8-17,19,31-32H,4,6-7,18H2,1-3,5H3;1-2H3. The summed E-state index contributed by atoms with van der Waals surface area (Å²) >= 11 is 0. The second-order valence-corrected chi connectivity index (χ2v) is 8.96. The summed E-state index contributed by atoms with van der Waals surface area (Å²) in [6, 6.07) is 19.1. The summed E-state index contributed by atoms with van der Waals surface area (Å²) in [5.41, 5.74) is 9.39. The first-order valence-electron chi connectivity index (χ1n) is 12.8. The Balaban J connectivity index is 0.00000176. The van der Waals surface area contributed by atoms with Crippen LogP contribution < -0.4 is 10.6 Å². The first-order valence-corrected chi connectivity index (χ1v) is 12.8. The van der Waals surface area contributed by atoms with Crippen molar-refractivity contribution in [2.75, 3.05) is 10.6 Å². The van der Waals surface area contributed by atoms with Crippen molar-refractivity contribution < 1.29 is 0 Å². The van der Waals surface area contributed by atoms with E-state index in [2.05, 4.69) is 98.2 Å². The van der Waals surface area contributed by atoms with E-state index in [1.54, 1.807) is 6.20 Å². The van der Waals surface area contributed by atoms with E-state index in [1.165, 1.54) is 5.56 Å². The summed E-state index contributed by atoms with van der Waals surface area (Å²) in [6.07, 6.45) is 2.54. The fraction of sp³-hybridized carbons (Fsp3) is 0.290. The van der Waals surface area contributed by atoms with Crippen LogP contribution in [0.4, 0.5) is 11.5 Å². The molecular weight excluding hydrogens is 442 g/mol. The number of nitrogens with one attached hydrogen (secondary N) is 2. The zero-order valence-corrected chi connectivity index (χ0v) is 22.5. The molecule has 0 bridgehead atoms. The monoisotopic (exact) mass is 481 g/mol. The van der Waals surface area contributed by atoms with Gasteiger partial charge in [0.05, 0.1) is 23.3 Å². The van der Waals surface area contributed by atoms with E-state index in [4.69, 9.17) is 4.99 Å². The molecule has 5 heteroatoms. The van der Waals surface area contributed by atoms with Gasteiger partial charge in [0.15, 0.2) is 0 Å². The molecule has 3 aromatic rings. The molecule has 2 aromatic carbocycles. The molecule has 1 aliphatic rings. The van der Waals surface area contributed by atoms with Crippen LogP contribution >= 0.6 is 0 Å². The average molecular weight is 482 g/mol. The van der Waals surface area contributed by atoms with Crippen molar-refractivity contribution in [3.63, 3.8) is 0 Å². The summed E-state index contributed by atoms with van der Waals surface area (Å²) < 4.78 is 1.91. The van der Waals surface area contributed by atoms with Gasteiger partial charge in [-0.05, 0) is 54.2 Å². The van der Waals surface area contributed by atoms with E-state index in [0.717, 1.165) is 64.0 Å². The molecule has 0 aliphatic carbocycles. The minimum atomic E-state index is 0.502. The third-order valence-electron chi connectivity index (χ3n) is 5.96. The molecule has 0 unspecified atom stereocenters. The lowest BCUT2D eigenvalue weighted by molar-refractivity contribution is 0.667. The van der Waals surface area contributed by atoms with Gasteiger partial charge in [0.1, 0.15) is 5.82 Å². The number of nitrogens with zero attached hydrogens (tertiary/aromatic N) is 3. The van der Waals surface area contributed by atoms with Crippen LogP contribution in [0.25, 0.3) is 5.57 Å². The van der Waals surface area contributed by atoms with E-state index in [-0.39, 0.29) is 0 Å². The van der Waals surface area contributed by atoms with Crippen LogP contribution in [0.3, 0.4) is 0 Å². The Morgan fingerprint density at radius 3 is 2.17 bits per heavy atom. The van der Waals surface area contributed by atoms with Gasteiger partial charge in [-0.25, -0.2) is 9.67 Å². The van der Waals surface area contributed by atoms with E-state index >= 15 is 0 Å². The SMILES string of the molecule is C=C(C)Nc1ccc(C2=C(C(=C)Nc3ccnn3CC)N=C(c3ccc(C(C)C)cc3)C2)cc1.CC. The van der Waals surface area contributed by atoms with E-state index < -0.39 is 0 Å². The van der Waals surface area contributed by atoms with Crippen LogP contribution in [0.2, 0.25) is 0 Å². The summed E-state index contributed by atoms with van der Waals surface area (Å²) in [7, 11) is 0. The third-order valence-corrected chi connectivity index (χ3v) is 5.96. The number of anilines is 2. The van der Waals surface area contributed by atoms with Crippen molar-refractivity contribution >= 4 is 22.8 Å². The van der Waals surface area contributed by atoms with Crippen LogP contribution in [0, 0.1) is 0 Å². The second kappa shape index (κ2) is 12.2. The number of allylic oxidation sites excluding steroid dienone is 2. The molecule has 5 nitrogen and oxygen atoms in total. The molecule has 1 aliphatic heterocycles. The fourth-order valence-electron chi connectivity index (χ4n) is 4.11. The molecule has 1 aromatic heterocycles. The molecule has 0 radical (unpaired) electrons. The van der Waals surface area contributed by atoms with E-state index in [0.29, 0.717) is 5.92 Å². The maximum atomic E-state index is 5.07. The molecule has 188 valence electrons. The van der Waals surface area contributed by atoms with Gasteiger partial charge in [0, 0.05) is 30.4 Å². The van der Waals surface area contributed by atoms with Gasteiger partial charge in [0.25, 0.3) is 0 Å². The highest BCUT2D eigenvalue weighted by Gasteiger charge is 2.23. The van der Waals surface area contributed by atoms with Crippen molar-refractivity contribution in [1.29, 1.82) is 0 Å². The third kappa shape index (κ3) is 6.22. The van der Waals surface area contributed by atoms with Crippen molar-refractivity contribution in [2.24, 2.45) is 4.99 Å². The van der Waals surface area contributed by atoms with Gasteiger partial charge in [-0.1, -0.05) is 77.3 Å². The molecule has 0 atom stereocenters. The maximum absolute atomic E-state index is 5.07. The Morgan fingerprint density at radius 1 is 0.944 bits per heavy atom. The number of aromatic nitrogens is 2.